The van der Waals surface area contributed by atoms with Crippen molar-refractivity contribution in [3.8, 4) is 0 Å². The van der Waals surface area contributed by atoms with Crippen molar-refractivity contribution >= 4 is 16.9 Å². The molecule has 0 bridgehead atoms. The quantitative estimate of drug-likeness (QED) is 0.746. The fourth-order valence-corrected chi connectivity index (χ4v) is 2.09. The van der Waals surface area contributed by atoms with Gasteiger partial charge in [0.15, 0.2) is 5.12 Å². The van der Waals surface area contributed by atoms with Gasteiger partial charge in [-0.1, -0.05) is 17.8 Å². The number of halogens is 1. The maximum Gasteiger partial charge on any atom is 0.185 e. The van der Waals surface area contributed by atoms with E-state index in [9.17, 15) is 19.4 Å². The molecule has 0 fully saturated rings. The van der Waals surface area contributed by atoms with Gasteiger partial charge in [-0.2, -0.15) is 0 Å². The van der Waals surface area contributed by atoms with Crippen LogP contribution in [0.3, 0.4) is 0 Å². The molecule has 0 aliphatic rings. The first kappa shape index (κ1) is 15.1. The Balaban J connectivity index is 2.82. The molecule has 0 aliphatic carbocycles. The van der Waals surface area contributed by atoms with E-state index < -0.39 is 24.6 Å². The molecule has 4 nitrogen and oxygen atoms in total. The van der Waals surface area contributed by atoms with Crippen LogP contribution in [0.2, 0.25) is 0 Å². The van der Waals surface area contributed by atoms with Gasteiger partial charge in [0.25, 0.3) is 0 Å². The number of rotatable bonds is 5. The largest absolute Gasteiger partial charge is 0.392 e. The Bertz CT molecular complexity index is 425. The third-order valence-corrected chi connectivity index (χ3v) is 3.33. The number of thioether (sulfide) groups is 1. The smallest absolute Gasteiger partial charge is 0.185 e. The second kappa shape index (κ2) is 6.84. The molecule has 1 aromatic carbocycles. The lowest BCUT2D eigenvalue weighted by Gasteiger charge is -2.19. The molecule has 3 N–H and O–H groups in total. The van der Waals surface area contributed by atoms with Gasteiger partial charge in [-0.25, -0.2) is 4.39 Å². The number of carbonyl (C=O) groups is 1. The van der Waals surface area contributed by atoms with Gasteiger partial charge in [0.05, 0.1) is 12.7 Å². The molecule has 6 heteroatoms. The van der Waals surface area contributed by atoms with Crippen LogP contribution in [0.4, 0.5) is 4.39 Å². The van der Waals surface area contributed by atoms with Crippen molar-refractivity contribution < 1.29 is 24.5 Å². The first-order valence-electron chi connectivity index (χ1n) is 5.34. The Morgan fingerprint density at radius 3 is 2.67 bits per heavy atom. The van der Waals surface area contributed by atoms with Crippen LogP contribution in [0.25, 0.3) is 0 Å². The normalized spacial score (nSPS) is 14.3. The molecule has 0 saturated heterocycles. The molecule has 0 heterocycles. The second-order valence-electron chi connectivity index (χ2n) is 3.82. The van der Waals surface area contributed by atoms with E-state index in [-0.39, 0.29) is 22.0 Å². The predicted octanol–water partition coefficient (Wildman–Crippen LogP) is 0.992. The number of hydrogen-bond donors (Lipinski definition) is 3. The van der Waals surface area contributed by atoms with Gasteiger partial charge in [-0.3, -0.25) is 4.79 Å². The molecule has 2 unspecified atom stereocenters. The second-order valence-corrected chi connectivity index (χ2v) is 5.01. The van der Waals surface area contributed by atoms with E-state index in [0.717, 1.165) is 23.9 Å². The minimum atomic E-state index is -1.26. The summed E-state index contributed by atoms with van der Waals surface area (Å²) in [4.78, 5) is 10.8. The predicted molar refractivity (Wildman–Crippen MR) is 66.4 cm³/mol. The number of carbonyl (C=O) groups excluding carboxylic acids is 1. The first-order valence-corrected chi connectivity index (χ1v) is 6.33. The maximum absolute atomic E-state index is 12.9. The van der Waals surface area contributed by atoms with Crippen molar-refractivity contribution in [3.63, 3.8) is 0 Å². The van der Waals surface area contributed by atoms with Gasteiger partial charge in [0.1, 0.15) is 11.9 Å². The van der Waals surface area contributed by atoms with E-state index in [4.69, 9.17) is 5.11 Å². The van der Waals surface area contributed by atoms with E-state index >= 15 is 0 Å². The zero-order valence-corrected chi connectivity index (χ0v) is 10.7. The lowest BCUT2D eigenvalue weighted by molar-refractivity contribution is -0.109. The summed E-state index contributed by atoms with van der Waals surface area (Å²) in [5.41, 5.74) is 0.477. The summed E-state index contributed by atoms with van der Waals surface area (Å²) in [5.74, 6) is -0.485. The Morgan fingerprint density at radius 1 is 1.44 bits per heavy atom. The van der Waals surface area contributed by atoms with Crippen molar-refractivity contribution in [2.45, 2.75) is 25.7 Å². The van der Waals surface area contributed by atoms with Crippen LogP contribution in [0.5, 0.6) is 0 Å². The van der Waals surface area contributed by atoms with E-state index in [1.165, 1.54) is 13.0 Å². The van der Waals surface area contributed by atoms with Gasteiger partial charge in [-0.05, 0) is 23.3 Å². The summed E-state index contributed by atoms with van der Waals surface area (Å²) in [6, 6.07) is 3.55. The Morgan fingerprint density at radius 2 is 2.11 bits per heavy atom. The topological polar surface area (TPSA) is 77.8 Å². The summed E-state index contributed by atoms with van der Waals surface area (Å²) >= 11 is 0.893. The van der Waals surface area contributed by atoms with Gasteiger partial charge >= 0.3 is 0 Å². The molecule has 18 heavy (non-hydrogen) atoms. The van der Waals surface area contributed by atoms with Crippen LogP contribution in [-0.2, 0) is 11.4 Å². The molecule has 0 aromatic heterocycles. The number of benzene rings is 1. The zero-order valence-electron chi connectivity index (χ0n) is 9.84. The van der Waals surface area contributed by atoms with Crippen molar-refractivity contribution in [1.29, 1.82) is 0 Å². The van der Waals surface area contributed by atoms with Crippen LogP contribution in [0.15, 0.2) is 18.2 Å². The van der Waals surface area contributed by atoms with E-state index in [2.05, 4.69) is 0 Å². The van der Waals surface area contributed by atoms with Gasteiger partial charge < -0.3 is 15.3 Å². The van der Waals surface area contributed by atoms with Crippen molar-refractivity contribution in [2.75, 3.05) is 5.75 Å². The molecule has 0 aliphatic heterocycles. The van der Waals surface area contributed by atoms with Gasteiger partial charge in [-0.15, -0.1) is 0 Å². The average molecular weight is 274 g/mol. The lowest BCUT2D eigenvalue weighted by Crippen LogP contribution is -2.22. The van der Waals surface area contributed by atoms with E-state index in [1.807, 2.05) is 0 Å². The zero-order chi connectivity index (χ0) is 13.7. The van der Waals surface area contributed by atoms with Crippen LogP contribution >= 0.6 is 11.8 Å². The highest BCUT2D eigenvalue weighted by molar-refractivity contribution is 8.13. The molecular weight excluding hydrogens is 259 g/mol. The monoisotopic (exact) mass is 274 g/mol. The van der Waals surface area contributed by atoms with Gasteiger partial charge in [0, 0.05) is 12.7 Å². The molecule has 1 rings (SSSR count). The standard InChI is InChI=1S/C12H15FO4S/c1-7(15)18-6-11(16)12(17)10-3-2-9(13)4-8(10)5-14/h2-4,11-12,14,16-17H,5-6H2,1H3. The molecule has 100 valence electrons. The molecule has 1 aromatic rings. The number of aliphatic hydroxyl groups excluding tert-OH is 3. The van der Waals surface area contributed by atoms with Crippen molar-refractivity contribution in [1.82, 2.24) is 0 Å². The van der Waals surface area contributed by atoms with Crippen molar-refractivity contribution in [3.05, 3.63) is 35.1 Å². The highest BCUT2D eigenvalue weighted by atomic mass is 32.2. The Hall–Kier alpha value is -0.950. The van der Waals surface area contributed by atoms with Crippen LogP contribution in [-0.4, -0.2) is 32.3 Å². The third-order valence-electron chi connectivity index (χ3n) is 2.42. The average Bonchev–Trinajstić information content (AvgIpc) is 2.34. The molecular formula is C12H15FO4S. The lowest BCUT2D eigenvalue weighted by atomic mass is 9.99. The van der Waals surface area contributed by atoms with E-state index in [1.54, 1.807) is 0 Å². The Labute approximate surface area is 108 Å². The number of aliphatic hydroxyl groups is 3. The van der Waals surface area contributed by atoms with Crippen LogP contribution in [0.1, 0.15) is 24.2 Å². The van der Waals surface area contributed by atoms with E-state index in [0.29, 0.717) is 0 Å². The van der Waals surface area contributed by atoms with Crippen LogP contribution in [0, 0.1) is 5.82 Å². The molecule has 0 radical (unpaired) electrons. The summed E-state index contributed by atoms with van der Waals surface area (Å²) < 4.78 is 12.9. The summed E-state index contributed by atoms with van der Waals surface area (Å²) in [5, 5.41) is 28.5. The first-order chi connectivity index (χ1) is 8.45. The summed E-state index contributed by atoms with van der Waals surface area (Å²) in [6.07, 6.45) is -2.42. The third kappa shape index (κ3) is 4.06. The summed E-state index contributed by atoms with van der Waals surface area (Å²) in [6.45, 7) is 0.928. The number of hydrogen-bond acceptors (Lipinski definition) is 5. The minimum Gasteiger partial charge on any atom is -0.392 e. The van der Waals surface area contributed by atoms with Crippen molar-refractivity contribution in [2.24, 2.45) is 0 Å². The maximum atomic E-state index is 12.9. The summed E-state index contributed by atoms with van der Waals surface area (Å²) in [7, 11) is 0. The molecule has 0 amide bonds. The highest BCUT2D eigenvalue weighted by Crippen LogP contribution is 2.24. The minimum absolute atomic E-state index is 0.0404. The molecule has 0 saturated carbocycles. The molecule has 2 atom stereocenters. The SMILES string of the molecule is CC(=O)SCC(O)C(O)c1ccc(F)cc1CO. The van der Waals surface area contributed by atoms with Crippen LogP contribution < -0.4 is 0 Å². The highest BCUT2D eigenvalue weighted by Gasteiger charge is 2.21. The molecule has 0 spiro atoms. The Kier molecular flexibility index (Phi) is 5.74. The van der Waals surface area contributed by atoms with Gasteiger partial charge in [0.2, 0.25) is 0 Å². The fourth-order valence-electron chi connectivity index (χ4n) is 1.50. The fraction of sp³-hybridized carbons (Fsp3) is 0.417.